The van der Waals surface area contributed by atoms with Crippen LogP contribution in [0.2, 0.25) is 0 Å². The molecule has 0 saturated carbocycles. The first-order valence-corrected chi connectivity index (χ1v) is 6.02. The lowest BCUT2D eigenvalue weighted by Gasteiger charge is -2.01. The number of fused-ring (bicyclic) bond motifs is 1. The van der Waals surface area contributed by atoms with Gasteiger partial charge in [-0.05, 0) is 25.5 Å². The highest BCUT2D eigenvalue weighted by Crippen LogP contribution is 2.28. The van der Waals surface area contributed by atoms with E-state index in [4.69, 9.17) is 4.74 Å². The molecule has 1 aliphatic rings. The van der Waals surface area contributed by atoms with Crippen LogP contribution >= 0.6 is 0 Å². The van der Waals surface area contributed by atoms with E-state index in [1.54, 1.807) is 0 Å². The summed E-state index contributed by atoms with van der Waals surface area (Å²) in [5, 5.41) is 0. The largest absolute Gasteiger partial charge is 0.490 e. The minimum atomic E-state index is 0.367. The van der Waals surface area contributed by atoms with Gasteiger partial charge in [0.05, 0.1) is 0 Å². The van der Waals surface area contributed by atoms with Crippen molar-refractivity contribution >= 4 is 0 Å². The molecular weight excluding hydrogens is 184 g/mol. The summed E-state index contributed by atoms with van der Waals surface area (Å²) in [5.74, 6) is 1.07. The van der Waals surface area contributed by atoms with Crippen molar-refractivity contribution in [3.05, 3.63) is 29.3 Å². The maximum Gasteiger partial charge on any atom is 0.123 e. The van der Waals surface area contributed by atoms with E-state index in [2.05, 4.69) is 32.0 Å². The van der Waals surface area contributed by atoms with Gasteiger partial charge in [0.25, 0.3) is 0 Å². The lowest BCUT2D eigenvalue weighted by Crippen LogP contribution is -2.05. The van der Waals surface area contributed by atoms with Crippen LogP contribution in [-0.4, -0.2) is 6.10 Å². The minimum absolute atomic E-state index is 0.367. The SMILES string of the molecule is CC.CC.Cc1ccc2c(c1)CC(C)O2. The van der Waals surface area contributed by atoms with Crippen LogP contribution in [-0.2, 0) is 6.42 Å². The molecule has 1 heterocycles. The molecule has 0 saturated heterocycles. The Morgan fingerprint density at radius 1 is 1.13 bits per heavy atom. The lowest BCUT2D eigenvalue weighted by atomic mass is 10.1. The van der Waals surface area contributed by atoms with Crippen molar-refractivity contribution in [2.24, 2.45) is 0 Å². The summed E-state index contributed by atoms with van der Waals surface area (Å²) in [7, 11) is 0. The Morgan fingerprint density at radius 3 is 2.33 bits per heavy atom. The molecule has 1 heteroatoms. The van der Waals surface area contributed by atoms with Crippen molar-refractivity contribution in [1.82, 2.24) is 0 Å². The normalized spacial score (nSPS) is 16.3. The Morgan fingerprint density at radius 2 is 1.73 bits per heavy atom. The van der Waals surface area contributed by atoms with Crippen molar-refractivity contribution in [3.63, 3.8) is 0 Å². The Labute approximate surface area is 94.5 Å². The van der Waals surface area contributed by atoms with Crippen LogP contribution in [0, 0.1) is 6.92 Å². The van der Waals surface area contributed by atoms with Gasteiger partial charge in [-0.2, -0.15) is 0 Å². The third-order valence-corrected chi connectivity index (χ3v) is 2.05. The molecule has 0 bridgehead atoms. The average Bonchev–Trinajstić information content (AvgIpc) is 2.63. The summed E-state index contributed by atoms with van der Waals surface area (Å²) in [6, 6.07) is 6.36. The van der Waals surface area contributed by atoms with Gasteiger partial charge < -0.3 is 4.74 Å². The van der Waals surface area contributed by atoms with Crippen LogP contribution in [0.5, 0.6) is 5.75 Å². The van der Waals surface area contributed by atoms with Crippen LogP contribution in [0.4, 0.5) is 0 Å². The lowest BCUT2D eigenvalue weighted by molar-refractivity contribution is 0.254. The molecule has 0 spiro atoms. The highest BCUT2D eigenvalue weighted by atomic mass is 16.5. The molecule has 1 aromatic carbocycles. The van der Waals surface area contributed by atoms with Gasteiger partial charge >= 0.3 is 0 Å². The van der Waals surface area contributed by atoms with Gasteiger partial charge in [0.2, 0.25) is 0 Å². The minimum Gasteiger partial charge on any atom is -0.490 e. The first-order chi connectivity index (χ1) is 7.25. The van der Waals surface area contributed by atoms with Crippen molar-refractivity contribution < 1.29 is 4.74 Å². The van der Waals surface area contributed by atoms with Crippen LogP contribution < -0.4 is 4.74 Å². The fourth-order valence-corrected chi connectivity index (χ4v) is 1.55. The van der Waals surface area contributed by atoms with Crippen LogP contribution in [0.25, 0.3) is 0 Å². The summed E-state index contributed by atoms with van der Waals surface area (Å²) in [6.07, 6.45) is 1.43. The molecule has 1 unspecified atom stereocenters. The smallest absolute Gasteiger partial charge is 0.123 e. The number of aryl methyl sites for hydroxylation is 1. The van der Waals surface area contributed by atoms with E-state index in [-0.39, 0.29) is 0 Å². The van der Waals surface area contributed by atoms with E-state index in [1.807, 2.05) is 27.7 Å². The maximum atomic E-state index is 5.56. The average molecular weight is 208 g/mol. The molecule has 15 heavy (non-hydrogen) atoms. The molecule has 0 amide bonds. The second kappa shape index (κ2) is 7.33. The molecule has 0 aliphatic carbocycles. The standard InChI is InChI=1S/C10H12O.2C2H6/c1-7-3-4-10-9(5-7)6-8(2)11-10;2*1-2/h3-5,8H,6H2,1-2H3;2*1-2H3. The maximum absolute atomic E-state index is 5.56. The van der Waals surface area contributed by atoms with E-state index < -0.39 is 0 Å². The zero-order chi connectivity index (χ0) is 11.8. The topological polar surface area (TPSA) is 9.23 Å². The predicted octanol–water partition coefficient (Wildman–Crippen LogP) is 4.37. The molecule has 2 rings (SSSR count). The monoisotopic (exact) mass is 208 g/mol. The molecule has 1 nitrogen and oxygen atoms in total. The zero-order valence-electron chi connectivity index (χ0n) is 10.9. The quantitative estimate of drug-likeness (QED) is 0.615. The van der Waals surface area contributed by atoms with E-state index in [1.165, 1.54) is 11.1 Å². The van der Waals surface area contributed by atoms with E-state index in [9.17, 15) is 0 Å². The first-order valence-electron chi connectivity index (χ1n) is 6.02. The number of rotatable bonds is 0. The second-order valence-electron chi connectivity index (χ2n) is 3.24. The molecule has 0 fully saturated rings. The van der Waals surface area contributed by atoms with E-state index in [0.29, 0.717) is 6.10 Å². The van der Waals surface area contributed by atoms with Crippen LogP contribution in [0.15, 0.2) is 18.2 Å². The molecule has 1 aliphatic heterocycles. The Balaban J connectivity index is 0.000000442. The summed E-state index contributed by atoms with van der Waals surface area (Å²) in [4.78, 5) is 0. The number of hydrogen-bond donors (Lipinski definition) is 0. The number of ether oxygens (including phenoxy) is 1. The van der Waals surface area contributed by atoms with Crippen molar-refractivity contribution in [2.75, 3.05) is 0 Å². The van der Waals surface area contributed by atoms with Gasteiger partial charge in [-0.1, -0.05) is 45.4 Å². The Bertz CT molecular complexity index is 279. The summed E-state index contributed by atoms with van der Waals surface area (Å²) in [6.45, 7) is 12.2. The molecule has 1 atom stereocenters. The second-order valence-corrected chi connectivity index (χ2v) is 3.24. The molecule has 0 aromatic heterocycles. The van der Waals surface area contributed by atoms with Crippen molar-refractivity contribution in [3.8, 4) is 5.75 Å². The fraction of sp³-hybridized carbons (Fsp3) is 0.571. The van der Waals surface area contributed by atoms with Crippen molar-refractivity contribution in [1.29, 1.82) is 0 Å². The fourth-order valence-electron chi connectivity index (χ4n) is 1.55. The van der Waals surface area contributed by atoms with E-state index in [0.717, 1.165) is 12.2 Å². The predicted molar refractivity (Wildman–Crippen MR) is 67.7 cm³/mol. The van der Waals surface area contributed by atoms with Gasteiger partial charge in [0.15, 0.2) is 0 Å². The van der Waals surface area contributed by atoms with Gasteiger partial charge in [-0.25, -0.2) is 0 Å². The third-order valence-electron chi connectivity index (χ3n) is 2.05. The molecule has 86 valence electrons. The molecule has 0 radical (unpaired) electrons. The highest BCUT2D eigenvalue weighted by molar-refractivity contribution is 5.40. The zero-order valence-corrected chi connectivity index (χ0v) is 10.9. The van der Waals surface area contributed by atoms with Gasteiger partial charge in [0, 0.05) is 6.42 Å². The summed E-state index contributed by atoms with van der Waals surface area (Å²) < 4.78 is 5.56. The number of hydrogen-bond acceptors (Lipinski definition) is 1. The van der Waals surface area contributed by atoms with Crippen LogP contribution in [0.1, 0.15) is 45.7 Å². The Hall–Kier alpha value is -0.980. The summed E-state index contributed by atoms with van der Waals surface area (Å²) in [5.41, 5.74) is 2.68. The Kier molecular flexibility index (Phi) is 6.85. The van der Waals surface area contributed by atoms with Gasteiger partial charge in [0.1, 0.15) is 11.9 Å². The van der Waals surface area contributed by atoms with Crippen molar-refractivity contribution in [2.45, 2.75) is 54.1 Å². The molecular formula is C14H24O. The molecule has 1 aromatic rings. The van der Waals surface area contributed by atoms with Gasteiger partial charge in [-0.15, -0.1) is 0 Å². The van der Waals surface area contributed by atoms with Gasteiger partial charge in [-0.3, -0.25) is 0 Å². The number of benzene rings is 1. The summed E-state index contributed by atoms with van der Waals surface area (Å²) >= 11 is 0. The molecule has 0 N–H and O–H groups in total. The highest BCUT2D eigenvalue weighted by Gasteiger charge is 2.17. The van der Waals surface area contributed by atoms with Crippen LogP contribution in [0.3, 0.4) is 0 Å². The third kappa shape index (κ3) is 3.94. The first kappa shape index (κ1) is 14.0. The van der Waals surface area contributed by atoms with E-state index >= 15 is 0 Å².